The summed E-state index contributed by atoms with van der Waals surface area (Å²) >= 11 is 0. The SMILES string of the molecule is C[C@]1(C(=O)NCCCc2cccc(F)c2)CC(c2ccccc2)=NO1. The number of hydrogen-bond donors (Lipinski definition) is 1. The molecule has 4 nitrogen and oxygen atoms in total. The summed E-state index contributed by atoms with van der Waals surface area (Å²) in [5.74, 6) is -0.416. The zero-order valence-corrected chi connectivity index (χ0v) is 14.2. The Balaban J connectivity index is 1.47. The fraction of sp³-hybridized carbons (Fsp3) is 0.300. The van der Waals surface area contributed by atoms with Crippen LogP contribution in [0.5, 0.6) is 0 Å². The van der Waals surface area contributed by atoms with Crippen molar-refractivity contribution in [3.05, 3.63) is 71.5 Å². The van der Waals surface area contributed by atoms with E-state index in [1.165, 1.54) is 12.1 Å². The maximum atomic E-state index is 13.1. The summed E-state index contributed by atoms with van der Waals surface area (Å²) in [5, 5.41) is 6.97. The number of halogens is 1. The standard InChI is InChI=1S/C20H21FN2O2/c1-20(14-18(23-25-20)16-9-3-2-4-10-16)19(24)22-12-6-8-15-7-5-11-17(21)13-15/h2-5,7,9-11,13H,6,8,12,14H2,1H3,(H,22,24)/t20-/m1/s1. The van der Waals surface area contributed by atoms with E-state index in [0.29, 0.717) is 19.4 Å². The van der Waals surface area contributed by atoms with Crippen molar-refractivity contribution in [2.75, 3.05) is 6.54 Å². The van der Waals surface area contributed by atoms with Crippen molar-refractivity contribution < 1.29 is 14.0 Å². The molecule has 0 bridgehead atoms. The molecule has 0 aliphatic carbocycles. The van der Waals surface area contributed by atoms with Gasteiger partial charge in [0.15, 0.2) is 0 Å². The van der Waals surface area contributed by atoms with Crippen LogP contribution >= 0.6 is 0 Å². The van der Waals surface area contributed by atoms with E-state index < -0.39 is 5.60 Å². The molecular formula is C20H21FN2O2. The molecule has 1 aliphatic heterocycles. The number of amides is 1. The van der Waals surface area contributed by atoms with Gasteiger partial charge < -0.3 is 10.2 Å². The van der Waals surface area contributed by atoms with Crippen molar-refractivity contribution in [3.63, 3.8) is 0 Å². The number of benzene rings is 2. The van der Waals surface area contributed by atoms with Gasteiger partial charge in [0.25, 0.3) is 5.91 Å². The van der Waals surface area contributed by atoms with Gasteiger partial charge in [0.1, 0.15) is 5.82 Å². The molecule has 2 aromatic rings. The minimum absolute atomic E-state index is 0.179. The van der Waals surface area contributed by atoms with Crippen LogP contribution in [0.25, 0.3) is 0 Å². The number of rotatable bonds is 6. The highest BCUT2D eigenvalue weighted by Gasteiger charge is 2.41. The van der Waals surface area contributed by atoms with Gasteiger partial charge in [-0.15, -0.1) is 0 Å². The first-order valence-corrected chi connectivity index (χ1v) is 8.40. The van der Waals surface area contributed by atoms with Gasteiger partial charge in [0.05, 0.1) is 5.71 Å². The normalized spacial score (nSPS) is 19.2. The average Bonchev–Trinajstić information content (AvgIpc) is 3.03. The van der Waals surface area contributed by atoms with E-state index in [4.69, 9.17) is 4.84 Å². The molecule has 5 heteroatoms. The molecule has 2 aromatic carbocycles. The van der Waals surface area contributed by atoms with Crippen LogP contribution in [0.2, 0.25) is 0 Å². The van der Waals surface area contributed by atoms with E-state index in [0.717, 1.165) is 23.3 Å². The molecule has 0 aromatic heterocycles. The van der Waals surface area contributed by atoms with Crippen LogP contribution in [-0.2, 0) is 16.1 Å². The van der Waals surface area contributed by atoms with Gasteiger partial charge in [-0.2, -0.15) is 0 Å². The molecule has 0 saturated heterocycles. The van der Waals surface area contributed by atoms with E-state index in [-0.39, 0.29) is 11.7 Å². The molecule has 0 fully saturated rings. The van der Waals surface area contributed by atoms with Gasteiger partial charge in [0, 0.05) is 13.0 Å². The molecule has 1 N–H and O–H groups in total. The third-order valence-corrected chi connectivity index (χ3v) is 4.27. The average molecular weight is 340 g/mol. The molecule has 3 rings (SSSR count). The molecule has 0 spiro atoms. The van der Waals surface area contributed by atoms with E-state index >= 15 is 0 Å². The van der Waals surface area contributed by atoms with Gasteiger partial charge >= 0.3 is 0 Å². The van der Waals surface area contributed by atoms with Crippen LogP contribution in [0.4, 0.5) is 4.39 Å². The number of oxime groups is 1. The smallest absolute Gasteiger partial charge is 0.267 e. The molecule has 0 radical (unpaired) electrons. The van der Waals surface area contributed by atoms with Gasteiger partial charge in [-0.3, -0.25) is 4.79 Å². The van der Waals surface area contributed by atoms with Crippen LogP contribution in [0, 0.1) is 5.82 Å². The fourth-order valence-electron chi connectivity index (χ4n) is 2.82. The van der Waals surface area contributed by atoms with Crippen molar-refractivity contribution in [3.8, 4) is 0 Å². The van der Waals surface area contributed by atoms with Crippen molar-refractivity contribution >= 4 is 11.6 Å². The van der Waals surface area contributed by atoms with Crippen LogP contribution in [-0.4, -0.2) is 23.8 Å². The molecule has 0 unspecified atom stereocenters. The molecule has 1 amide bonds. The van der Waals surface area contributed by atoms with Gasteiger partial charge in [0.2, 0.25) is 5.60 Å². The molecule has 1 heterocycles. The van der Waals surface area contributed by atoms with Crippen molar-refractivity contribution in [2.24, 2.45) is 5.16 Å². The first kappa shape index (κ1) is 17.1. The Hall–Kier alpha value is -2.69. The molecular weight excluding hydrogens is 319 g/mol. The molecule has 25 heavy (non-hydrogen) atoms. The van der Waals surface area contributed by atoms with Crippen LogP contribution in [0.1, 0.15) is 30.9 Å². The predicted molar refractivity (Wildman–Crippen MR) is 94.8 cm³/mol. The Morgan fingerprint density at radius 2 is 2.04 bits per heavy atom. The fourth-order valence-corrected chi connectivity index (χ4v) is 2.82. The second-order valence-corrected chi connectivity index (χ2v) is 6.39. The quantitative estimate of drug-likeness (QED) is 0.819. The van der Waals surface area contributed by atoms with E-state index in [2.05, 4.69) is 10.5 Å². The lowest BCUT2D eigenvalue weighted by Gasteiger charge is -2.20. The summed E-state index contributed by atoms with van der Waals surface area (Å²) in [6.45, 7) is 2.25. The van der Waals surface area contributed by atoms with E-state index in [1.807, 2.05) is 36.4 Å². The Bertz CT molecular complexity index is 776. The summed E-state index contributed by atoms with van der Waals surface area (Å²) in [5.41, 5.74) is 1.68. The zero-order chi connectivity index (χ0) is 17.7. The number of carbonyl (C=O) groups excluding carboxylic acids is 1. The predicted octanol–water partition coefficient (Wildman–Crippen LogP) is 3.46. The van der Waals surface area contributed by atoms with E-state index in [1.54, 1.807) is 13.0 Å². The minimum atomic E-state index is -0.982. The highest BCUT2D eigenvalue weighted by atomic mass is 19.1. The Kier molecular flexibility index (Phi) is 5.12. The second-order valence-electron chi connectivity index (χ2n) is 6.39. The van der Waals surface area contributed by atoms with E-state index in [9.17, 15) is 9.18 Å². The number of nitrogens with one attached hydrogen (secondary N) is 1. The molecule has 130 valence electrons. The van der Waals surface area contributed by atoms with Crippen molar-refractivity contribution in [1.29, 1.82) is 0 Å². The van der Waals surface area contributed by atoms with Crippen LogP contribution in [0.15, 0.2) is 59.8 Å². The van der Waals surface area contributed by atoms with Gasteiger partial charge in [-0.25, -0.2) is 4.39 Å². The third-order valence-electron chi connectivity index (χ3n) is 4.27. The summed E-state index contributed by atoms with van der Waals surface area (Å²) in [7, 11) is 0. The Morgan fingerprint density at radius 1 is 1.24 bits per heavy atom. The summed E-state index contributed by atoms with van der Waals surface area (Å²) in [6, 6.07) is 16.2. The highest BCUT2D eigenvalue weighted by molar-refractivity contribution is 6.05. The number of nitrogens with zero attached hydrogens (tertiary/aromatic N) is 1. The maximum absolute atomic E-state index is 13.1. The zero-order valence-electron chi connectivity index (χ0n) is 14.2. The monoisotopic (exact) mass is 340 g/mol. The summed E-state index contributed by atoms with van der Waals surface area (Å²) in [4.78, 5) is 17.9. The van der Waals surface area contributed by atoms with Gasteiger partial charge in [-0.05, 0) is 43.0 Å². The first-order valence-electron chi connectivity index (χ1n) is 8.40. The van der Waals surface area contributed by atoms with Gasteiger partial charge in [-0.1, -0.05) is 47.6 Å². The topological polar surface area (TPSA) is 50.7 Å². The molecule has 1 atom stereocenters. The summed E-state index contributed by atoms with van der Waals surface area (Å²) < 4.78 is 13.1. The molecule has 0 saturated carbocycles. The lowest BCUT2D eigenvalue weighted by atomic mass is 9.95. The second kappa shape index (κ2) is 7.47. The minimum Gasteiger partial charge on any atom is -0.379 e. The summed E-state index contributed by atoms with van der Waals surface area (Å²) in [6.07, 6.45) is 1.88. The largest absolute Gasteiger partial charge is 0.379 e. The highest BCUT2D eigenvalue weighted by Crippen LogP contribution is 2.26. The van der Waals surface area contributed by atoms with Crippen molar-refractivity contribution in [2.45, 2.75) is 31.8 Å². The lowest BCUT2D eigenvalue weighted by Crippen LogP contribution is -2.45. The number of carbonyl (C=O) groups is 1. The lowest BCUT2D eigenvalue weighted by molar-refractivity contribution is -0.141. The Labute approximate surface area is 146 Å². The first-order chi connectivity index (χ1) is 12.1. The molecule has 1 aliphatic rings. The number of aryl methyl sites for hydroxylation is 1. The number of hydrogen-bond acceptors (Lipinski definition) is 3. The Morgan fingerprint density at radius 3 is 2.80 bits per heavy atom. The maximum Gasteiger partial charge on any atom is 0.267 e. The van der Waals surface area contributed by atoms with Crippen LogP contribution < -0.4 is 5.32 Å². The van der Waals surface area contributed by atoms with Crippen LogP contribution in [0.3, 0.4) is 0 Å². The third kappa shape index (κ3) is 4.24. The van der Waals surface area contributed by atoms with Crippen molar-refractivity contribution in [1.82, 2.24) is 5.32 Å².